The van der Waals surface area contributed by atoms with Gasteiger partial charge in [0.1, 0.15) is 0 Å². The second kappa shape index (κ2) is 5.24. The molecule has 0 unspecified atom stereocenters. The number of carbonyl (C=O) groups is 1. The molecule has 0 saturated carbocycles. The van der Waals surface area contributed by atoms with E-state index in [1.54, 1.807) is 30.0 Å². The molecule has 0 saturated heterocycles. The number of nitrogens with zero attached hydrogens (tertiary/aromatic N) is 3. The number of aromatic nitrogens is 3. The topological polar surface area (TPSA) is 77.2 Å². The molecular weight excluding hydrogens is 270 g/mol. The van der Waals surface area contributed by atoms with E-state index in [1.165, 1.54) is 0 Å². The number of pyridine rings is 1. The highest BCUT2D eigenvalue weighted by atomic mass is 16.5. The first-order chi connectivity index (χ1) is 10.2. The van der Waals surface area contributed by atoms with Gasteiger partial charge in [0.15, 0.2) is 5.69 Å². The molecule has 0 aliphatic carbocycles. The van der Waals surface area contributed by atoms with Gasteiger partial charge in [-0.05, 0) is 12.1 Å². The van der Waals surface area contributed by atoms with Gasteiger partial charge in [0, 0.05) is 11.5 Å². The quantitative estimate of drug-likeness (QED) is 0.794. The van der Waals surface area contributed by atoms with E-state index in [1.807, 2.05) is 24.3 Å². The van der Waals surface area contributed by atoms with Crippen LogP contribution < -0.4 is 4.74 Å². The summed E-state index contributed by atoms with van der Waals surface area (Å²) in [6, 6.07) is 12.7. The van der Waals surface area contributed by atoms with E-state index in [0.717, 1.165) is 11.2 Å². The maximum atomic E-state index is 11.3. The third-order valence-electron chi connectivity index (χ3n) is 3.16. The molecule has 6 nitrogen and oxygen atoms in total. The second-order valence-corrected chi connectivity index (χ2v) is 4.50. The molecule has 6 heteroatoms. The van der Waals surface area contributed by atoms with Gasteiger partial charge in [0.05, 0.1) is 24.9 Å². The third kappa shape index (κ3) is 2.43. The molecule has 106 valence electrons. The number of carboxylic acid groups (broad SMARTS) is 1. The summed E-state index contributed by atoms with van der Waals surface area (Å²) in [5.74, 6) is -0.522. The number of benzene rings is 1. The van der Waals surface area contributed by atoms with E-state index in [2.05, 4.69) is 10.1 Å². The number of ether oxygens (including phenoxy) is 1. The van der Waals surface area contributed by atoms with Crippen molar-refractivity contribution in [3.63, 3.8) is 0 Å². The maximum absolute atomic E-state index is 11.3. The lowest BCUT2D eigenvalue weighted by atomic mass is 10.2. The number of aromatic carboxylic acids is 1. The summed E-state index contributed by atoms with van der Waals surface area (Å²) in [5, 5.41) is 14.0. The standard InChI is InChI=1S/C15H13N3O3/c1-21-13-8-4-5-10(16-13)9-18-12-7-3-2-6-11(12)14(17-18)15(19)20/h2-8H,9H2,1H3,(H,19,20). The molecule has 0 aliphatic rings. The molecule has 0 spiro atoms. The van der Waals surface area contributed by atoms with Crippen LogP contribution in [0.5, 0.6) is 5.88 Å². The number of hydrogen-bond acceptors (Lipinski definition) is 4. The minimum atomic E-state index is -1.04. The summed E-state index contributed by atoms with van der Waals surface area (Å²) >= 11 is 0. The van der Waals surface area contributed by atoms with Crippen LogP contribution in [-0.4, -0.2) is 33.0 Å². The number of rotatable bonds is 4. The van der Waals surface area contributed by atoms with Gasteiger partial charge in [-0.2, -0.15) is 5.10 Å². The minimum absolute atomic E-state index is 0.0495. The molecule has 3 aromatic rings. The number of para-hydroxylation sites is 1. The first-order valence-electron chi connectivity index (χ1n) is 6.38. The van der Waals surface area contributed by atoms with Crippen molar-refractivity contribution in [1.82, 2.24) is 14.8 Å². The van der Waals surface area contributed by atoms with Gasteiger partial charge < -0.3 is 9.84 Å². The Kier molecular flexibility index (Phi) is 3.27. The molecule has 0 radical (unpaired) electrons. The van der Waals surface area contributed by atoms with Gasteiger partial charge in [-0.3, -0.25) is 4.68 Å². The molecule has 0 atom stereocenters. The molecule has 0 amide bonds. The normalized spacial score (nSPS) is 10.7. The van der Waals surface area contributed by atoms with Crippen molar-refractivity contribution in [1.29, 1.82) is 0 Å². The molecule has 0 bridgehead atoms. The van der Waals surface area contributed by atoms with Crippen molar-refractivity contribution < 1.29 is 14.6 Å². The fraction of sp³-hybridized carbons (Fsp3) is 0.133. The average Bonchev–Trinajstić information content (AvgIpc) is 2.87. The Morgan fingerprint density at radius 1 is 1.24 bits per heavy atom. The first kappa shape index (κ1) is 13.1. The number of fused-ring (bicyclic) bond motifs is 1. The lowest BCUT2D eigenvalue weighted by Gasteiger charge is -2.05. The van der Waals surface area contributed by atoms with Crippen LogP contribution in [0.2, 0.25) is 0 Å². The zero-order chi connectivity index (χ0) is 14.8. The van der Waals surface area contributed by atoms with Gasteiger partial charge in [0.2, 0.25) is 5.88 Å². The van der Waals surface area contributed by atoms with Crippen LogP contribution in [0.4, 0.5) is 0 Å². The van der Waals surface area contributed by atoms with Gasteiger partial charge >= 0.3 is 5.97 Å². The molecule has 0 fully saturated rings. The highest BCUT2D eigenvalue weighted by Crippen LogP contribution is 2.19. The molecular formula is C15H13N3O3. The average molecular weight is 283 g/mol. The van der Waals surface area contributed by atoms with Crippen molar-refractivity contribution in [2.24, 2.45) is 0 Å². The summed E-state index contributed by atoms with van der Waals surface area (Å²) < 4.78 is 6.73. The van der Waals surface area contributed by atoms with Crippen LogP contribution in [0.3, 0.4) is 0 Å². The van der Waals surface area contributed by atoms with Gasteiger partial charge in [-0.25, -0.2) is 9.78 Å². The van der Waals surface area contributed by atoms with Gasteiger partial charge in [-0.15, -0.1) is 0 Å². The van der Waals surface area contributed by atoms with Crippen LogP contribution in [0, 0.1) is 0 Å². The van der Waals surface area contributed by atoms with E-state index in [4.69, 9.17) is 4.74 Å². The molecule has 2 aromatic heterocycles. The van der Waals surface area contributed by atoms with E-state index < -0.39 is 5.97 Å². The van der Waals surface area contributed by atoms with Gasteiger partial charge in [-0.1, -0.05) is 24.3 Å². The van der Waals surface area contributed by atoms with E-state index in [-0.39, 0.29) is 5.69 Å². The smallest absolute Gasteiger partial charge is 0.357 e. The summed E-state index contributed by atoms with van der Waals surface area (Å²) in [6.07, 6.45) is 0. The summed E-state index contributed by atoms with van der Waals surface area (Å²) in [5.41, 5.74) is 1.56. The van der Waals surface area contributed by atoms with Crippen LogP contribution in [0.1, 0.15) is 16.2 Å². The molecule has 3 rings (SSSR count). The Morgan fingerprint density at radius 3 is 2.81 bits per heavy atom. The Bertz CT molecular complexity index is 811. The molecule has 1 aromatic carbocycles. The van der Waals surface area contributed by atoms with Crippen molar-refractivity contribution in [2.75, 3.05) is 7.11 Å². The molecule has 0 aliphatic heterocycles. The molecule has 21 heavy (non-hydrogen) atoms. The highest BCUT2D eigenvalue weighted by Gasteiger charge is 2.16. The first-order valence-corrected chi connectivity index (χ1v) is 6.38. The fourth-order valence-corrected chi connectivity index (χ4v) is 2.22. The predicted octanol–water partition coefficient (Wildman–Crippen LogP) is 2.19. The SMILES string of the molecule is COc1cccc(Cn2nc(C(=O)O)c3ccccc32)n1. The van der Waals surface area contributed by atoms with Crippen molar-refractivity contribution >= 4 is 16.9 Å². The lowest BCUT2D eigenvalue weighted by Crippen LogP contribution is -2.06. The number of carboxylic acids is 1. The minimum Gasteiger partial charge on any atom is -0.481 e. The fourth-order valence-electron chi connectivity index (χ4n) is 2.22. The predicted molar refractivity (Wildman–Crippen MR) is 76.6 cm³/mol. The number of hydrogen-bond donors (Lipinski definition) is 1. The lowest BCUT2D eigenvalue weighted by molar-refractivity contribution is 0.0691. The Hall–Kier alpha value is -2.89. The summed E-state index contributed by atoms with van der Waals surface area (Å²) in [4.78, 5) is 15.6. The zero-order valence-electron chi connectivity index (χ0n) is 11.4. The van der Waals surface area contributed by atoms with Gasteiger partial charge in [0.25, 0.3) is 0 Å². The highest BCUT2D eigenvalue weighted by molar-refractivity contribution is 6.01. The van der Waals surface area contributed by atoms with E-state index in [0.29, 0.717) is 17.8 Å². The Balaban J connectivity index is 2.06. The maximum Gasteiger partial charge on any atom is 0.357 e. The van der Waals surface area contributed by atoms with Crippen LogP contribution in [-0.2, 0) is 6.54 Å². The van der Waals surface area contributed by atoms with Crippen LogP contribution in [0.25, 0.3) is 10.9 Å². The Labute approximate surface area is 120 Å². The monoisotopic (exact) mass is 283 g/mol. The largest absolute Gasteiger partial charge is 0.481 e. The van der Waals surface area contributed by atoms with Crippen LogP contribution >= 0.6 is 0 Å². The van der Waals surface area contributed by atoms with Crippen LogP contribution in [0.15, 0.2) is 42.5 Å². The molecule has 2 heterocycles. The van der Waals surface area contributed by atoms with Crippen molar-refractivity contribution in [2.45, 2.75) is 6.54 Å². The Morgan fingerprint density at radius 2 is 2.05 bits per heavy atom. The van der Waals surface area contributed by atoms with E-state index in [9.17, 15) is 9.90 Å². The zero-order valence-corrected chi connectivity index (χ0v) is 11.4. The third-order valence-corrected chi connectivity index (χ3v) is 3.16. The second-order valence-electron chi connectivity index (χ2n) is 4.50. The van der Waals surface area contributed by atoms with Crippen molar-refractivity contribution in [3.05, 3.63) is 53.9 Å². The summed E-state index contributed by atoms with van der Waals surface area (Å²) in [6.45, 7) is 0.380. The summed E-state index contributed by atoms with van der Waals surface area (Å²) in [7, 11) is 1.55. The van der Waals surface area contributed by atoms with Crippen molar-refractivity contribution in [3.8, 4) is 5.88 Å². The number of methoxy groups -OCH3 is 1. The molecule has 1 N–H and O–H groups in total. The van der Waals surface area contributed by atoms with E-state index >= 15 is 0 Å².